The minimum atomic E-state index is -4.32. The standard InChI is InChI=1S/C46H93N2O6P/c1-6-8-10-12-14-16-18-20-21-22-23-24-25-26-28-30-32-34-36-38-40-46(50)47-44(43-54-55(51,52)53-42-41-48(3,4)5)45(49)39-37-35-33-31-29-27-19-17-15-13-11-9-7-2/h35,37,44-45,49H,6-34,36,38-43H2,1-5H3,(H-,47,50,51,52)/p+1/t44-,45+/m0/s1. The number of carbonyl (C=O) groups is 1. The molecule has 55 heavy (non-hydrogen) atoms. The van der Waals surface area contributed by atoms with E-state index in [4.69, 9.17) is 9.05 Å². The van der Waals surface area contributed by atoms with Gasteiger partial charge in [-0.1, -0.05) is 206 Å². The second kappa shape index (κ2) is 38.7. The van der Waals surface area contributed by atoms with Crippen LogP contribution >= 0.6 is 7.82 Å². The normalized spacial score (nSPS) is 14.4. The van der Waals surface area contributed by atoms with Crippen LogP contribution in [0, 0.1) is 0 Å². The van der Waals surface area contributed by atoms with E-state index in [-0.39, 0.29) is 19.1 Å². The zero-order valence-electron chi connectivity index (χ0n) is 37.2. The summed E-state index contributed by atoms with van der Waals surface area (Å²) >= 11 is 0. The van der Waals surface area contributed by atoms with E-state index in [1.165, 1.54) is 167 Å². The third-order valence-electron chi connectivity index (χ3n) is 10.8. The smallest absolute Gasteiger partial charge is 0.391 e. The van der Waals surface area contributed by atoms with Crippen LogP contribution in [0.3, 0.4) is 0 Å². The summed E-state index contributed by atoms with van der Waals surface area (Å²) in [5.74, 6) is -0.164. The topological polar surface area (TPSA) is 105 Å². The molecule has 0 fully saturated rings. The van der Waals surface area contributed by atoms with Gasteiger partial charge in [0.2, 0.25) is 5.91 Å². The molecule has 0 rings (SSSR count). The van der Waals surface area contributed by atoms with Crippen LogP contribution in [0.25, 0.3) is 0 Å². The Hall–Kier alpha value is -0.760. The van der Waals surface area contributed by atoms with Crippen LogP contribution in [0.5, 0.6) is 0 Å². The number of phosphoric acid groups is 1. The van der Waals surface area contributed by atoms with E-state index in [0.717, 1.165) is 32.1 Å². The average molecular weight is 802 g/mol. The molecule has 328 valence electrons. The van der Waals surface area contributed by atoms with Crippen LogP contribution < -0.4 is 5.32 Å². The average Bonchev–Trinajstić information content (AvgIpc) is 3.13. The van der Waals surface area contributed by atoms with Crippen molar-refractivity contribution in [3.8, 4) is 0 Å². The van der Waals surface area contributed by atoms with Crippen molar-refractivity contribution in [2.45, 2.75) is 238 Å². The van der Waals surface area contributed by atoms with E-state index in [0.29, 0.717) is 23.9 Å². The molecule has 0 saturated carbocycles. The largest absolute Gasteiger partial charge is 0.472 e. The van der Waals surface area contributed by atoms with Gasteiger partial charge in [-0.25, -0.2) is 4.57 Å². The molecule has 1 unspecified atom stereocenters. The molecule has 0 bridgehead atoms. The monoisotopic (exact) mass is 802 g/mol. The maximum absolute atomic E-state index is 12.9. The SMILES string of the molecule is CCCCCCCCCCCCC=CC[C@@H](O)[C@H](COP(=O)(O)OCC[N+](C)(C)C)NC(=O)CCCCCCCCCCCCCCCCCCCCCC. The first-order valence-electron chi connectivity index (χ1n) is 23.6. The Morgan fingerprint density at radius 3 is 1.38 bits per heavy atom. The lowest BCUT2D eigenvalue weighted by atomic mass is 10.0. The summed E-state index contributed by atoms with van der Waals surface area (Å²) < 4.78 is 23.6. The molecule has 3 atom stereocenters. The molecular weight excluding hydrogens is 707 g/mol. The van der Waals surface area contributed by atoms with Gasteiger partial charge in [-0.2, -0.15) is 0 Å². The molecule has 1 amide bonds. The number of nitrogens with one attached hydrogen (secondary N) is 1. The van der Waals surface area contributed by atoms with Gasteiger partial charge >= 0.3 is 7.82 Å². The first kappa shape index (κ1) is 54.2. The number of rotatable bonds is 43. The summed E-state index contributed by atoms with van der Waals surface area (Å²) in [6.07, 6.45) is 44.1. The van der Waals surface area contributed by atoms with Gasteiger partial charge < -0.3 is 19.8 Å². The van der Waals surface area contributed by atoms with Crippen molar-refractivity contribution in [2.24, 2.45) is 0 Å². The summed E-state index contributed by atoms with van der Waals surface area (Å²) in [4.78, 5) is 23.1. The fraction of sp³-hybridized carbons (Fsp3) is 0.935. The van der Waals surface area contributed by atoms with Gasteiger partial charge in [0.05, 0.1) is 39.9 Å². The molecule has 0 spiro atoms. The molecule has 8 nitrogen and oxygen atoms in total. The predicted molar refractivity (Wildman–Crippen MR) is 235 cm³/mol. The lowest BCUT2D eigenvalue weighted by Crippen LogP contribution is -2.46. The fourth-order valence-electron chi connectivity index (χ4n) is 6.98. The third kappa shape index (κ3) is 41.2. The van der Waals surface area contributed by atoms with Crippen LogP contribution in [0.1, 0.15) is 226 Å². The second-order valence-corrected chi connectivity index (χ2v) is 19.0. The number of likely N-dealkylation sites (N-methyl/N-ethyl adjacent to an activating group) is 1. The Morgan fingerprint density at radius 2 is 0.982 bits per heavy atom. The number of aliphatic hydroxyl groups excluding tert-OH is 1. The van der Waals surface area contributed by atoms with Crippen LogP contribution in [0.15, 0.2) is 12.2 Å². The second-order valence-electron chi connectivity index (χ2n) is 17.5. The highest BCUT2D eigenvalue weighted by Gasteiger charge is 2.28. The van der Waals surface area contributed by atoms with Gasteiger partial charge in [0, 0.05) is 6.42 Å². The van der Waals surface area contributed by atoms with Gasteiger partial charge in [0.15, 0.2) is 0 Å². The molecule has 0 saturated heterocycles. The minimum absolute atomic E-state index is 0.0675. The lowest BCUT2D eigenvalue weighted by Gasteiger charge is -2.26. The number of hydrogen-bond donors (Lipinski definition) is 3. The molecule has 0 aliphatic rings. The zero-order valence-corrected chi connectivity index (χ0v) is 38.1. The van der Waals surface area contributed by atoms with Gasteiger partial charge in [-0.15, -0.1) is 0 Å². The number of quaternary nitrogens is 1. The van der Waals surface area contributed by atoms with Crippen molar-refractivity contribution >= 4 is 13.7 Å². The molecule has 0 heterocycles. The van der Waals surface area contributed by atoms with Gasteiger partial charge in [-0.3, -0.25) is 13.8 Å². The molecule has 0 aromatic rings. The number of carbonyl (C=O) groups excluding carboxylic acids is 1. The number of nitrogens with zero attached hydrogens (tertiary/aromatic N) is 1. The van der Waals surface area contributed by atoms with E-state index in [1.54, 1.807) is 0 Å². The van der Waals surface area contributed by atoms with Gasteiger partial charge in [0.1, 0.15) is 13.2 Å². The highest BCUT2D eigenvalue weighted by atomic mass is 31.2. The lowest BCUT2D eigenvalue weighted by molar-refractivity contribution is -0.870. The molecule has 0 aliphatic heterocycles. The Kier molecular flexibility index (Phi) is 38.2. The molecule has 0 aliphatic carbocycles. The van der Waals surface area contributed by atoms with E-state index < -0.39 is 20.0 Å². The first-order chi connectivity index (χ1) is 26.5. The van der Waals surface area contributed by atoms with Crippen LogP contribution in [-0.2, 0) is 18.4 Å². The fourth-order valence-corrected chi connectivity index (χ4v) is 7.71. The summed E-state index contributed by atoms with van der Waals surface area (Å²) in [7, 11) is 1.59. The van der Waals surface area contributed by atoms with E-state index in [1.807, 2.05) is 27.2 Å². The Bertz CT molecular complexity index is 911. The first-order valence-corrected chi connectivity index (χ1v) is 25.0. The Balaban J connectivity index is 4.29. The van der Waals surface area contributed by atoms with Crippen molar-refractivity contribution in [1.29, 1.82) is 0 Å². The molecule has 0 radical (unpaired) electrons. The molecule has 0 aromatic carbocycles. The van der Waals surface area contributed by atoms with Crippen molar-refractivity contribution < 1.29 is 32.9 Å². The highest BCUT2D eigenvalue weighted by molar-refractivity contribution is 7.47. The molecular formula is C46H94N2O6P+. The highest BCUT2D eigenvalue weighted by Crippen LogP contribution is 2.43. The molecule has 0 aromatic heterocycles. The quantitative estimate of drug-likeness (QED) is 0.0245. The number of allylic oxidation sites excluding steroid dienone is 1. The summed E-state index contributed by atoms with van der Waals surface area (Å²) in [5, 5.41) is 13.9. The maximum Gasteiger partial charge on any atom is 0.472 e. The van der Waals surface area contributed by atoms with Crippen molar-refractivity contribution in [2.75, 3.05) is 40.9 Å². The van der Waals surface area contributed by atoms with Crippen LogP contribution in [0.4, 0.5) is 0 Å². The minimum Gasteiger partial charge on any atom is -0.391 e. The van der Waals surface area contributed by atoms with Crippen LogP contribution in [0.2, 0.25) is 0 Å². The predicted octanol–water partition coefficient (Wildman–Crippen LogP) is 13.1. The Labute approximate surface area is 342 Å². The third-order valence-corrected chi connectivity index (χ3v) is 11.8. The molecule has 3 N–H and O–H groups in total. The van der Waals surface area contributed by atoms with Gasteiger partial charge in [-0.05, 0) is 25.7 Å². The number of hydrogen-bond acceptors (Lipinski definition) is 5. The van der Waals surface area contributed by atoms with Crippen molar-refractivity contribution in [3.63, 3.8) is 0 Å². The zero-order chi connectivity index (χ0) is 40.7. The van der Waals surface area contributed by atoms with Crippen molar-refractivity contribution in [3.05, 3.63) is 12.2 Å². The van der Waals surface area contributed by atoms with Crippen molar-refractivity contribution in [1.82, 2.24) is 5.32 Å². The number of amides is 1. The number of unbranched alkanes of at least 4 members (excludes halogenated alkanes) is 29. The maximum atomic E-state index is 12.9. The van der Waals surface area contributed by atoms with Gasteiger partial charge in [0.25, 0.3) is 0 Å². The van der Waals surface area contributed by atoms with E-state index >= 15 is 0 Å². The van der Waals surface area contributed by atoms with Crippen LogP contribution in [-0.4, -0.2) is 73.4 Å². The number of aliphatic hydroxyl groups is 1. The van der Waals surface area contributed by atoms with E-state index in [9.17, 15) is 19.4 Å². The molecule has 9 heteroatoms. The Morgan fingerprint density at radius 1 is 0.600 bits per heavy atom. The summed E-state index contributed by atoms with van der Waals surface area (Å²) in [5.41, 5.74) is 0. The summed E-state index contributed by atoms with van der Waals surface area (Å²) in [6, 6.07) is -0.804. The van der Waals surface area contributed by atoms with E-state index in [2.05, 4.69) is 25.2 Å². The summed E-state index contributed by atoms with van der Waals surface area (Å²) in [6.45, 7) is 4.85. The number of phosphoric ester groups is 1.